The van der Waals surface area contributed by atoms with Crippen LogP contribution in [0, 0.1) is 0 Å². The summed E-state index contributed by atoms with van der Waals surface area (Å²) in [7, 11) is 0. The van der Waals surface area contributed by atoms with Crippen molar-refractivity contribution in [3.8, 4) is 0 Å². The summed E-state index contributed by atoms with van der Waals surface area (Å²) in [6.45, 7) is 12.9. The highest BCUT2D eigenvalue weighted by molar-refractivity contribution is 5.23. The van der Waals surface area contributed by atoms with Gasteiger partial charge in [0, 0.05) is 70.8 Å². The van der Waals surface area contributed by atoms with Crippen LogP contribution in [0.4, 0.5) is 0 Å². The van der Waals surface area contributed by atoms with Gasteiger partial charge in [0.15, 0.2) is 75.8 Å². The summed E-state index contributed by atoms with van der Waals surface area (Å²) in [6, 6.07) is 49.2. The van der Waals surface area contributed by atoms with E-state index in [-0.39, 0.29) is 0 Å². The van der Waals surface area contributed by atoms with Gasteiger partial charge in [0.1, 0.15) is 0 Å². The summed E-state index contributed by atoms with van der Waals surface area (Å²) in [6.07, 6.45) is 23.8. The molecule has 300 valence electrons. The summed E-state index contributed by atoms with van der Waals surface area (Å²) >= 11 is 0. The molecule has 4 heterocycles. The first-order valence-corrected chi connectivity index (χ1v) is 22.1. The first kappa shape index (κ1) is 41.4. The predicted octanol–water partition coefficient (Wildman–Crippen LogP) is 10.8. The summed E-state index contributed by atoms with van der Waals surface area (Å²) in [5, 5.41) is 0. The minimum absolute atomic E-state index is 0.500. The molecule has 4 heteroatoms. The predicted molar refractivity (Wildman–Crippen MR) is 239 cm³/mol. The fraction of sp³-hybridized carbons (Fsp3) is 0.309. The third kappa shape index (κ3) is 11.7. The van der Waals surface area contributed by atoms with E-state index in [1.807, 2.05) is 0 Å². The van der Waals surface area contributed by atoms with Gasteiger partial charge in [-0.05, 0) is 78.0 Å². The average Bonchev–Trinajstić information content (AvgIpc) is 3.28. The number of nitrogens with zero attached hydrogens (tertiary/aromatic N) is 4. The van der Waals surface area contributed by atoms with Crippen molar-refractivity contribution >= 4 is 0 Å². The van der Waals surface area contributed by atoms with Crippen LogP contribution in [-0.4, -0.2) is 0 Å². The van der Waals surface area contributed by atoms with Gasteiger partial charge in [-0.15, -0.1) is 0 Å². The van der Waals surface area contributed by atoms with Crippen LogP contribution in [0.15, 0.2) is 183 Å². The molecular formula is C55H64N4+4. The van der Waals surface area contributed by atoms with Crippen molar-refractivity contribution in [2.75, 3.05) is 0 Å². The first-order valence-electron chi connectivity index (χ1n) is 22.1. The summed E-state index contributed by atoms with van der Waals surface area (Å²) in [5.41, 5.74) is 11.0. The van der Waals surface area contributed by atoms with Crippen molar-refractivity contribution in [2.24, 2.45) is 0 Å². The van der Waals surface area contributed by atoms with Gasteiger partial charge < -0.3 is 0 Å². The van der Waals surface area contributed by atoms with Crippen LogP contribution in [0.5, 0.6) is 0 Å². The molecule has 0 saturated carbocycles. The summed E-state index contributed by atoms with van der Waals surface area (Å²) < 4.78 is 9.16. The quantitative estimate of drug-likeness (QED) is 0.0727. The van der Waals surface area contributed by atoms with E-state index in [9.17, 15) is 0 Å². The van der Waals surface area contributed by atoms with Crippen molar-refractivity contribution in [3.63, 3.8) is 0 Å². The van der Waals surface area contributed by atoms with Crippen LogP contribution in [-0.2, 0) is 26.2 Å². The van der Waals surface area contributed by atoms with E-state index in [2.05, 4.69) is 229 Å². The first-order chi connectivity index (χ1) is 29.0. The van der Waals surface area contributed by atoms with E-state index < -0.39 is 0 Å². The van der Waals surface area contributed by atoms with Crippen LogP contribution in [0.3, 0.4) is 0 Å². The van der Waals surface area contributed by atoms with Crippen molar-refractivity contribution in [1.82, 2.24) is 0 Å². The molecule has 0 fully saturated rings. The van der Waals surface area contributed by atoms with Crippen LogP contribution in [0.2, 0.25) is 0 Å². The molecule has 4 nitrogen and oxygen atoms in total. The molecule has 3 aromatic carbocycles. The fourth-order valence-corrected chi connectivity index (χ4v) is 8.72. The topological polar surface area (TPSA) is 15.5 Å². The van der Waals surface area contributed by atoms with Crippen LogP contribution in [0.1, 0.15) is 128 Å². The third-order valence-electron chi connectivity index (χ3n) is 12.5. The molecule has 0 aliphatic heterocycles. The van der Waals surface area contributed by atoms with Gasteiger partial charge in [-0.3, -0.25) is 0 Å². The number of benzene rings is 3. The van der Waals surface area contributed by atoms with E-state index in [0.717, 1.165) is 51.9 Å². The lowest BCUT2D eigenvalue weighted by molar-refractivity contribution is -0.689. The second-order valence-electron chi connectivity index (χ2n) is 16.7. The molecule has 0 aliphatic rings. The van der Waals surface area contributed by atoms with Crippen LogP contribution >= 0.6 is 0 Å². The molecular weight excluding hydrogens is 717 g/mol. The molecule has 0 spiro atoms. The van der Waals surface area contributed by atoms with Crippen molar-refractivity contribution in [1.29, 1.82) is 0 Å². The molecule has 0 saturated heterocycles. The Balaban J connectivity index is 0.887. The van der Waals surface area contributed by atoms with E-state index in [4.69, 9.17) is 0 Å². The maximum atomic E-state index is 2.37. The van der Waals surface area contributed by atoms with Crippen LogP contribution in [0.25, 0.3) is 0 Å². The lowest BCUT2D eigenvalue weighted by Gasteiger charge is -2.22. The second kappa shape index (κ2) is 20.8. The van der Waals surface area contributed by atoms with E-state index in [1.54, 1.807) is 0 Å². The zero-order valence-electron chi connectivity index (χ0n) is 35.8. The molecule has 4 unspecified atom stereocenters. The molecule has 7 rings (SSSR count). The smallest absolute Gasteiger partial charge is 0.173 e. The second-order valence-corrected chi connectivity index (χ2v) is 16.7. The Kier molecular flexibility index (Phi) is 14.6. The number of hydrogen-bond donors (Lipinski definition) is 0. The number of rotatable bonds is 19. The zero-order valence-corrected chi connectivity index (χ0v) is 35.8. The third-order valence-corrected chi connectivity index (χ3v) is 12.5. The lowest BCUT2D eigenvalue weighted by atomic mass is 9.83. The molecule has 0 bridgehead atoms. The molecule has 0 aliphatic carbocycles. The van der Waals surface area contributed by atoms with Gasteiger partial charge in [-0.1, -0.05) is 113 Å². The standard InChI is InChI=1S/C55H64N4/c1-5-49(38-44(4)52-22-30-56(31-23-52)40-45-14-10-8-11-15-45)53-24-32-58(33-25-53)42-47-18-20-48(21-19-47)43-59-36-28-55(29-37-59)51(7-3)39-50(6-2)54-26-34-57(35-27-54)41-46-16-12-9-13-17-46/h8-37,44,49-51H,5-7,38-43H2,1-4H3/q+4. The molecule has 4 aromatic heterocycles. The Morgan fingerprint density at radius 1 is 0.322 bits per heavy atom. The Bertz CT molecular complexity index is 2270. The van der Waals surface area contributed by atoms with Crippen molar-refractivity contribution in [3.05, 3.63) is 228 Å². The fourth-order valence-electron chi connectivity index (χ4n) is 8.72. The van der Waals surface area contributed by atoms with E-state index >= 15 is 0 Å². The average molecular weight is 781 g/mol. The van der Waals surface area contributed by atoms with E-state index in [1.165, 1.54) is 50.9 Å². The zero-order chi connectivity index (χ0) is 40.8. The highest BCUT2D eigenvalue weighted by Gasteiger charge is 2.21. The highest BCUT2D eigenvalue weighted by Crippen LogP contribution is 2.34. The van der Waals surface area contributed by atoms with E-state index in [0.29, 0.717) is 23.7 Å². The number of pyridine rings is 4. The SMILES string of the molecule is CCC(CC(C)c1cc[n+](Cc2ccccc2)cc1)c1cc[n+](Cc2ccc(C[n+]3ccc(C(CC)CC(CC)c4cc[n+](Cc5ccccc5)cc4)cc3)cc2)cc1. The molecule has 7 aromatic rings. The lowest BCUT2D eigenvalue weighted by Crippen LogP contribution is -2.34. The molecule has 4 atom stereocenters. The molecule has 59 heavy (non-hydrogen) atoms. The normalized spacial score (nSPS) is 13.4. The summed E-state index contributed by atoms with van der Waals surface area (Å²) in [5.74, 6) is 2.13. The Morgan fingerprint density at radius 3 is 0.898 bits per heavy atom. The summed E-state index contributed by atoms with van der Waals surface area (Å²) in [4.78, 5) is 0. The molecule has 0 amide bonds. The van der Waals surface area contributed by atoms with Gasteiger partial charge in [0.2, 0.25) is 0 Å². The highest BCUT2D eigenvalue weighted by atomic mass is 14.9. The van der Waals surface area contributed by atoms with Gasteiger partial charge in [-0.25, -0.2) is 18.3 Å². The van der Waals surface area contributed by atoms with Gasteiger partial charge >= 0.3 is 0 Å². The maximum Gasteiger partial charge on any atom is 0.173 e. The Labute approximate surface area is 354 Å². The molecule has 0 N–H and O–H groups in total. The minimum atomic E-state index is 0.500. The van der Waals surface area contributed by atoms with Gasteiger partial charge in [-0.2, -0.15) is 0 Å². The monoisotopic (exact) mass is 781 g/mol. The number of hydrogen-bond acceptors (Lipinski definition) is 0. The van der Waals surface area contributed by atoms with Gasteiger partial charge in [0.25, 0.3) is 0 Å². The maximum absolute atomic E-state index is 2.37. The Hall–Kier alpha value is -5.74. The van der Waals surface area contributed by atoms with Gasteiger partial charge in [0.05, 0.1) is 0 Å². The molecule has 0 radical (unpaired) electrons. The largest absolute Gasteiger partial charge is 0.201 e. The van der Waals surface area contributed by atoms with Crippen molar-refractivity contribution in [2.45, 2.75) is 110 Å². The minimum Gasteiger partial charge on any atom is -0.201 e. The van der Waals surface area contributed by atoms with Crippen LogP contribution < -0.4 is 18.3 Å². The Morgan fingerprint density at radius 2 is 0.593 bits per heavy atom. The van der Waals surface area contributed by atoms with Crippen molar-refractivity contribution < 1.29 is 18.3 Å². The number of aromatic nitrogens is 4.